The maximum atomic E-state index is 12.9. The summed E-state index contributed by atoms with van der Waals surface area (Å²) in [6.45, 7) is 6.53. The second kappa shape index (κ2) is 67.8. The predicted molar refractivity (Wildman–Crippen MR) is 348 cm³/mol. The minimum Gasteiger partial charge on any atom is -0.462 e. The van der Waals surface area contributed by atoms with Crippen molar-refractivity contribution in [1.82, 2.24) is 0 Å². The van der Waals surface area contributed by atoms with Crippen molar-refractivity contribution < 1.29 is 28.6 Å². The van der Waals surface area contributed by atoms with Crippen LogP contribution >= 0.6 is 0 Å². The molecule has 0 aromatic carbocycles. The topological polar surface area (TPSA) is 78.9 Å². The van der Waals surface area contributed by atoms with Gasteiger partial charge in [0.05, 0.1) is 0 Å². The molecule has 0 spiro atoms. The summed E-state index contributed by atoms with van der Waals surface area (Å²) in [6, 6.07) is 0. The first-order valence-corrected chi connectivity index (χ1v) is 34.2. The van der Waals surface area contributed by atoms with Crippen LogP contribution in [-0.2, 0) is 28.6 Å². The molecule has 0 rings (SSSR count). The zero-order valence-electron chi connectivity index (χ0n) is 52.8. The van der Waals surface area contributed by atoms with E-state index in [0.717, 1.165) is 103 Å². The van der Waals surface area contributed by atoms with Crippen LogP contribution in [0.2, 0.25) is 0 Å². The van der Waals surface area contributed by atoms with E-state index in [2.05, 4.69) is 118 Å². The predicted octanol–water partition coefficient (Wildman–Crippen LogP) is 23.6. The van der Waals surface area contributed by atoms with Gasteiger partial charge in [-0.25, -0.2) is 0 Å². The maximum absolute atomic E-state index is 12.9. The fourth-order valence-corrected chi connectivity index (χ4v) is 9.67. The molecule has 0 heterocycles. The van der Waals surface area contributed by atoms with Crippen LogP contribution in [0.15, 0.2) is 97.2 Å². The van der Waals surface area contributed by atoms with Gasteiger partial charge in [0.25, 0.3) is 0 Å². The van der Waals surface area contributed by atoms with Gasteiger partial charge in [-0.3, -0.25) is 14.4 Å². The molecule has 6 nitrogen and oxygen atoms in total. The number of ether oxygens (including phenoxy) is 3. The molecule has 0 aliphatic carbocycles. The van der Waals surface area contributed by atoms with Crippen LogP contribution < -0.4 is 0 Å². The third-order valence-electron chi connectivity index (χ3n) is 14.8. The summed E-state index contributed by atoms with van der Waals surface area (Å²) >= 11 is 0. The van der Waals surface area contributed by atoms with Gasteiger partial charge in [-0.15, -0.1) is 0 Å². The van der Waals surface area contributed by atoms with Gasteiger partial charge in [0.15, 0.2) is 6.10 Å². The molecule has 0 saturated carbocycles. The summed E-state index contributed by atoms with van der Waals surface area (Å²) in [7, 11) is 0. The van der Waals surface area contributed by atoms with Gasteiger partial charge in [-0.05, 0) is 122 Å². The van der Waals surface area contributed by atoms with E-state index in [1.54, 1.807) is 0 Å². The second-order valence-electron chi connectivity index (χ2n) is 22.7. The summed E-state index contributed by atoms with van der Waals surface area (Å²) in [6.07, 6.45) is 91.3. The fraction of sp³-hybridized carbons (Fsp3) is 0.743. The lowest BCUT2D eigenvalue weighted by Crippen LogP contribution is -2.30. The van der Waals surface area contributed by atoms with Gasteiger partial charge >= 0.3 is 17.9 Å². The van der Waals surface area contributed by atoms with Crippen molar-refractivity contribution in [2.24, 2.45) is 0 Å². The number of carbonyl (C=O) groups excluding carboxylic acids is 3. The van der Waals surface area contributed by atoms with Gasteiger partial charge in [0.1, 0.15) is 13.2 Å². The van der Waals surface area contributed by atoms with Crippen molar-refractivity contribution in [2.75, 3.05) is 13.2 Å². The van der Waals surface area contributed by atoms with E-state index in [-0.39, 0.29) is 31.1 Å². The van der Waals surface area contributed by atoms with Crippen molar-refractivity contribution in [3.8, 4) is 0 Å². The molecule has 460 valence electrons. The zero-order chi connectivity index (χ0) is 57.8. The average Bonchev–Trinajstić information content (AvgIpc) is 3.46. The van der Waals surface area contributed by atoms with Crippen molar-refractivity contribution in [3.05, 3.63) is 97.2 Å². The summed E-state index contributed by atoms with van der Waals surface area (Å²) in [4.78, 5) is 38.4. The molecule has 0 aromatic heterocycles. The number of esters is 3. The zero-order valence-corrected chi connectivity index (χ0v) is 52.8. The molecule has 0 aliphatic rings. The highest BCUT2D eigenvalue weighted by molar-refractivity contribution is 5.71. The molecule has 0 aliphatic heterocycles. The van der Waals surface area contributed by atoms with E-state index in [1.807, 2.05) is 0 Å². The lowest BCUT2D eigenvalue weighted by molar-refractivity contribution is -0.167. The standard InChI is InChI=1S/C74H128O6/c1-4-7-10-13-16-19-22-25-28-30-32-34-36-37-39-40-42-44-46-49-52-55-58-61-64-67-73(76)79-70-71(69-78-72(75)66-63-60-57-54-51-48-27-24-21-18-15-12-9-6-3)80-74(77)68-65-62-59-56-53-50-47-45-43-41-38-35-33-31-29-26-23-20-17-14-11-8-5-2/h8,11,17,20,22,24-27,29-30,32-33,35-37,71H,4-7,9-10,12-16,18-19,21,23,28,31,34,38-70H2,1-3H3/b11-8-,20-17-,25-22-,27-24-,29-26-,32-30-,35-33-,37-36-. The lowest BCUT2D eigenvalue weighted by atomic mass is 10.0. The number of hydrogen-bond acceptors (Lipinski definition) is 6. The monoisotopic (exact) mass is 1110 g/mol. The molecular weight excluding hydrogens is 985 g/mol. The number of rotatable bonds is 62. The molecule has 80 heavy (non-hydrogen) atoms. The van der Waals surface area contributed by atoms with Gasteiger partial charge in [-0.2, -0.15) is 0 Å². The first kappa shape index (κ1) is 76.3. The highest BCUT2D eigenvalue weighted by Crippen LogP contribution is 2.16. The molecule has 0 bridgehead atoms. The highest BCUT2D eigenvalue weighted by atomic mass is 16.6. The van der Waals surface area contributed by atoms with Crippen LogP contribution in [-0.4, -0.2) is 37.2 Å². The summed E-state index contributed by atoms with van der Waals surface area (Å²) in [5, 5.41) is 0. The minimum atomic E-state index is -0.787. The van der Waals surface area contributed by atoms with E-state index in [9.17, 15) is 14.4 Å². The van der Waals surface area contributed by atoms with Gasteiger partial charge < -0.3 is 14.2 Å². The van der Waals surface area contributed by atoms with Gasteiger partial charge in [0, 0.05) is 19.3 Å². The molecule has 0 saturated heterocycles. The largest absolute Gasteiger partial charge is 0.462 e. The van der Waals surface area contributed by atoms with E-state index >= 15 is 0 Å². The van der Waals surface area contributed by atoms with E-state index in [1.165, 1.54) is 193 Å². The lowest BCUT2D eigenvalue weighted by Gasteiger charge is -2.18. The Morgan fingerprint density at radius 1 is 0.263 bits per heavy atom. The van der Waals surface area contributed by atoms with E-state index in [4.69, 9.17) is 14.2 Å². The summed E-state index contributed by atoms with van der Waals surface area (Å²) in [5.74, 6) is -0.886. The van der Waals surface area contributed by atoms with Crippen molar-refractivity contribution in [2.45, 2.75) is 341 Å². The highest BCUT2D eigenvalue weighted by Gasteiger charge is 2.19. The molecule has 1 unspecified atom stereocenters. The second-order valence-corrected chi connectivity index (χ2v) is 22.7. The number of hydrogen-bond donors (Lipinski definition) is 0. The van der Waals surface area contributed by atoms with E-state index < -0.39 is 6.10 Å². The van der Waals surface area contributed by atoms with Crippen LogP contribution in [0.25, 0.3) is 0 Å². The van der Waals surface area contributed by atoms with E-state index in [0.29, 0.717) is 19.3 Å². The molecule has 0 fully saturated rings. The van der Waals surface area contributed by atoms with Crippen LogP contribution in [0, 0.1) is 0 Å². The maximum Gasteiger partial charge on any atom is 0.306 e. The Balaban J connectivity index is 4.34. The molecule has 6 heteroatoms. The van der Waals surface area contributed by atoms with Crippen LogP contribution in [0.1, 0.15) is 335 Å². The number of allylic oxidation sites excluding steroid dienone is 16. The third kappa shape index (κ3) is 65.1. The van der Waals surface area contributed by atoms with Crippen molar-refractivity contribution >= 4 is 17.9 Å². The van der Waals surface area contributed by atoms with Crippen LogP contribution in [0.3, 0.4) is 0 Å². The van der Waals surface area contributed by atoms with Gasteiger partial charge in [0.2, 0.25) is 0 Å². The Labute approximate surface area is 496 Å². The first-order valence-electron chi connectivity index (χ1n) is 34.2. The molecule has 0 N–H and O–H groups in total. The quantitative estimate of drug-likeness (QED) is 0.0261. The third-order valence-corrected chi connectivity index (χ3v) is 14.8. The molecule has 1 atom stereocenters. The Kier molecular flexibility index (Phi) is 64.7. The van der Waals surface area contributed by atoms with Crippen molar-refractivity contribution in [3.63, 3.8) is 0 Å². The average molecular weight is 1110 g/mol. The van der Waals surface area contributed by atoms with Crippen LogP contribution in [0.4, 0.5) is 0 Å². The van der Waals surface area contributed by atoms with Crippen LogP contribution in [0.5, 0.6) is 0 Å². The molecule has 0 radical (unpaired) electrons. The Morgan fingerprint density at radius 2 is 0.487 bits per heavy atom. The normalized spacial score (nSPS) is 12.7. The van der Waals surface area contributed by atoms with Crippen molar-refractivity contribution in [1.29, 1.82) is 0 Å². The van der Waals surface area contributed by atoms with Gasteiger partial charge in [-0.1, -0.05) is 291 Å². The molecule has 0 aromatic rings. The Morgan fingerprint density at radius 3 is 0.775 bits per heavy atom. The Hall–Kier alpha value is -3.67. The first-order chi connectivity index (χ1) is 39.5. The minimum absolute atomic E-state index is 0.0827. The smallest absolute Gasteiger partial charge is 0.306 e. The molecular formula is C74H128O6. The SMILES string of the molecule is CC/C=C\C/C=C\C/C=C\C/C=C\CCCCCCCCCCCCC(=O)OC(COC(=O)CCCCCCC/C=C\CCCCCCC)COC(=O)CCCCCCCCCCCC/C=C\C/C=C\C/C=C\CCCCCCC. The summed E-state index contributed by atoms with van der Waals surface area (Å²) < 4.78 is 17.0. The fourth-order valence-electron chi connectivity index (χ4n) is 9.67. The number of carbonyl (C=O) groups is 3. The number of unbranched alkanes of at least 4 members (excludes halogenated alkanes) is 35. The Bertz CT molecular complexity index is 1560. The molecule has 0 amide bonds. The summed E-state index contributed by atoms with van der Waals surface area (Å²) in [5.41, 5.74) is 0.